The molecule has 1 saturated heterocycles. The minimum Gasteiger partial charge on any atom is -0.455 e. The van der Waals surface area contributed by atoms with Crippen LogP contribution in [0.5, 0.6) is 0 Å². The summed E-state index contributed by atoms with van der Waals surface area (Å²) in [4.78, 5) is 38.3. The van der Waals surface area contributed by atoms with E-state index in [4.69, 9.17) is 13.7 Å². The molecular weight excluding hydrogens is 429 g/mol. The average Bonchev–Trinajstić information content (AvgIpc) is 2.53. The molecule has 1 fully saturated rings. The van der Waals surface area contributed by atoms with Crippen LogP contribution in [0.15, 0.2) is 11.5 Å². The van der Waals surface area contributed by atoms with Crippen molar-refractivity contribution in [3.8, 4) is 0 Å². The van der Waals surface area contributed by atoms with Crippen molar-refractivity contribution in [2.45, 2.75) is 83.2 Å². The van der Waals surface area contributed by atoms with E-state index in [1.807, 2.05) is 0 Å². The van der Waals surface area contributed by atoms with Crippen molar-refractivity contribution in [3.05, 3.63) is 11.5 Å². The molecule has 0 aliphatic carbocycles. The van der Waals surface area contributed by atoms with Crippen LogP contribution in [-0.4, -0.2) is 51.7 Å². The Kier molecular flexibility index (Phi) is 6.60. The first kappa shape index (κ1) is 24.2. The van der Waals surface area contributed by atoms with E-state index in [2.05, 4.69) is 5.32 Å². The Morgan fingerprint density at radius 3 is 2.13 bits per heavy atom. The fraction of sp³-hybridized carbons (Fsp3) is 0.722. The van der Waals surface area contributed by atoms with E-state index in [9.17, 15) is 27.6 Å². The van der Waals surface area contributed by atoms with Crippen LogP contribution in [0.2, 0.25) is 0 Å². The molecule has 2 heterocycles. The Morgan fingerprint density at radius 2 is 1.63 bits per heavy atom. The predicted octanol–water partition coefficient (Wildman–Crippen LogP) is 3.62. The number of halogens is 3. The zero-order valence-electron chi connectivity index (χ0n) is 17.5. The van der Waals surface area contributed by atoms with Gasteiger partial charge in [0.05, 0.1) is 6.04 Å². The summed E-state index contributed by atoms with van der Waals surface area (Å²) in [6.07, 6.45) is -0.664. The number of β-lactam (4-membered cyclic amide) rings is 1. The highest BCUT2D eigenvalue weighted by molar-refractivity contribution is 7.95. The lowest BCUT2D eigenvalue weighted by atomic mass is 9.86. The van der Waals surface area contributed by atoms with Gasteiger partial charge < -0.3 is 19.0 Å². The van der Waals surface area contributed by atoms with Crippen molar-refractivity contribution in [3.63, 3.8) is 0 Å². The van der Waals surface area contributed by atoms with Gasteiger partial charge in [0.1, 0.15) is 23.0 Å². The summed E-state index contributed by atoms with van der Waals surface area (Å²) >= 11 is -0.768. The summed E-state index contributed by atoms with van der Waals surface area (Å²) in [5.41, 5.74) is -6.80. The second-order valence-electron chi connectivity index (χ2n) is 8.82. The summed E-state index contributed by atoms with van der Waals surface area (Å²) in [7, 11) is 0. The summed E-state index contributed by atoms with van der Waals surface area (Å²) in [5.74, 6) is -1.94. The van der Waals surface area contributed by atoms with E-state index in [0.717, 1.165) is 4.90 Å². The van der Waals surface area contributed by atoms with Gasteiger partial charge in [-0.2, -0.15) is 13.2 Å². The highest BCUT2D eigenvalue weighted by Crippen LogP contribution is 2.42. The fourth-order valence-corrected chi connectivity index (χ4v) is 3.32. The standard InChI is InChI=1S/C18H25F3N2O6S/c1-16(2,3)27-14(25)12-10(29-30-18(19,20)21)8-7-9-11(13(24)23(9)12)22-15(26)28-17(4,5)6/h9,11H,7-8H2,1-6H3,(H,22,26). The number of fused-ring (bicyclic) bond motifs is 1. The fourth-order valence-electron chi connectivity index (χ4n) is 2.96. The second kappa shape index (κ2) is 8.20. The van der Waals surface area contributed by atoms with Gasteiger partial charge in [0.25, 0.3) is 5.91 Å². The van der Waals surface area contributed by atoms with Crippen molar-refractivity contribution < 1.29 is 41.2 Å². The molecule has 0 radical (unpaired) electrons. The van der Waals surface area contributed by atoms with Gasteiger partial charge in [0.2, 0.25) is 0 Å². The molecule has 0 aromatic rings. The largest absolute Gasteiger partial charge is 0.479 e. The van der Waals surface area contributed by atoms with E-state index in [1.165, 1.54) is 0 Å². The number of hydrogen-bond donors (Lipinski definition) is 1. The third-order valence-corrected chi connectivity index (χ3v) is 4.37. The first-order valence-corrected chi connectivity index (χ1v) is 9.94. The van der Waals surface area contributed by atoms with Gasteiger partial charge in [-0.1, -0.05) is 0 Å². The number of rotatable bonds is 4. The van der Waals surface area contributed by atoms with Crippen LogP contribution in [0.25, 0.3) is 0 Å². The third-order valence-electron chi connectivity index (χ3n) is 3.89. The molecule has 12 heteroatoms. The Balaban J connectivity index is 2.24. The Morgan fingerprint density at radius 1 is 1.07 bits per heavy atom. The third kappa shape index (κ3) is 6.19. The van der Waals surface area contributed by atoms with E-state index in [1.54, 1.807) is 41.5 Å². The first-order chi connectivity index (χ1) is 13.5. The van der Waals surface area contributed by atoms with Crippen molar-refractivity contribution in [2.75, 3.05) is 0 Å². The van der Waals surface area contributed by atoms with Gasteiger partial charge in [0.15, 0.2) is 17.7 Å². The minimum atomic E-state index is -4.69. The molecule has 2 aliphatic rings. The van der Waals surface area contributed by atoms with Crippen LogP contribution in [0.1, 0.15) is 54.4 Å². The van der Waals surface area contributed by atoms with Crippen LogP contribution in [0.3, 0.4) is 0 Å². The molecular formula is C18H25F3N2O6S. The van der Waals surface area contributed by atoms with Gasteiger partial charge in [0, 0.05) is 6.42 Å². The molecule has 2 rings (SSSR count). The second-order valence-corrected chi connectivity index (χ2v) is 9.62. The lowest BCUT2D eigenvalue weighted by molar-refractivity contribution is -0.162. The minimum absolute atomic E-state index is 0.0431. The number of alkyl halides is 3. The van der Waals surface area contributed by atoms with Gasteiger partial charge in [-0.15, -0.1) is 0 Å². The van der Waals surface area contributed by atoms with Crippen LogP contribution in [0.4, 0.5) is 18.0 Å². The van der Waals surface area contributed by atoms with E-state index in [0.29, 0.717) is 0 Å². The molecule has 2 unspecified atom stereocenters. The maximum atomic E-state index is 12.7. The molecule has 8 nitrogen and oxygen atoms in total. The van der Waals surface area contributed by atoms with Gasteiger partial charge in [-0.05, 0) is 48.0 Å². The van der Waals surface area contributed by atoms with E-state index < -0.39 is 58.8 Å². The van der Waals surface area contributed by atoms with Gasteiger partial charge >= 0.3 is 17.6 Å². The number of alkyl carbamates (subject to hydrolysis) is 1. The highest BCUT2D eigenvalue weighted by Gasteiger charge is 2.55. The van der Waals surface area contributed by atoms with Crippen molar-refractivity contribution in [1.82, 2.24) is 10.2 Å². The number of hydrogen-bond acceptors (Lipinski definition) is 7. The van der Waals surface area contributed by atoms with Crippen LogP contribution in [0, 0.1) is 0 Å². The smallest absolute Gasteiger partial charge is 0.455 e. The normalized spacial score (nSPS) is 22.2. The molecule has 30 heavy (non-hydrogen) atoms. The predicted molar refractivity (Wildman–Crippen MR) is 101 cm³/mol. The van der Waals surface area contributed by atoms with E-state index >= 15 is 0 Å². The molecule has 0 saturated carbocycles. The molecule has 0 spiro atoms. The lowest BCUT2D eigenvalue weighted by Gasteiger charge is -2.50. The molecule has 170 valence electrons. The maximum Gasteiger partial charge on any atom is 0.479 e. The number of allylic oxidation sites excluding steroid dienone is 1. The number of carbonyl (C=O) groups is 3. The molecule has 2 amide bonds. The van der Waals surface area contributed by atoms with Gasteiger partial charge in [-0.3, -0.25) is 9.69 Å². The molecule has 0 bridgehead atoms. The van der Waals surface area contributed by atoms with Crippen molar-refractivity contribution in [2.24, 2.45) is 0 Å². The monoisotopic (exact) mass is 454 g/mol. The maximum absolute atomic E-state index is 12.7. The SMILES string of the molecule is CC(C)(C)OC(=O)NC1C(=O)N2C(C(=O)OC(C)(C)C)=C(OSC(F)(F)F)CCC12. The van der Waals surface area contributed by atoms with Crippen molar-refractivity contribution >= 4 is 30.0 Å². The molecule has 2 aliphatic heterocycles. The Labute approximate surface area is 176 Å². The number of amides is 2. The quantitative estimate of drug-likeness (QED) is 0.394. The first-order valence-electron chi connectivity index (χ1n) is 9.20. The van der Waals surface area contributed by atoms with E-state index in [-0.39, 0.29) is 24.3 Å². The Bertz CT molecular complexity index is 754. The molecule has 1 N–H and O–H groups in total. The molecule has 0 aromatic carbocycles. The topological polar surface area (TPSA) is 94.2 Å². The number of esters is 1. The van der Waals surface area contributed by atoms with Crippen LogP contribution in [-0.2, 0) is 23.2 Å². The molecule has 0 aromatic heterocycles. The summed E-state index contributed by atoms with van der Waals surface area (Å²) in [5, 5.41) is 2.45. The molecule has 2 atom stereocenters. The van der Waals surface area contributed by atoms with Gasteiger partial charge in [-0.25, -0.2) is 9.59 Å². The number of nitrogens with one attached hydrogen (secondary N) is 1. The van der Waals surface area contributed by atoms with Crippen LogP contribution < -0.4 is 5.32 Å². The van der Waals surface area contributed by atoms with Crippen molar-refractivity contribution in [1.29, 1.82) is 0 Å². The summed E-state index contributed by atoms with van der Waals surface area (Å²) in [6.45, 7) is 9.73. The zero-order chi connectivity index (χ0) is 23.1. The zero-order valence-corrected chi connectivity index (χ0v) is 18.3. The highest BCUT2D eigenvalue weighted by atomic mass is 32.2. The number of nitrogens with zero attached hydrogens (tertiary/aromatic N) is 1. The Hall–Kier alpha value is -2.11. The number of carbonyl (C=O) groups excluding carboxylic acids is 3. The average molecular weight is 454 g/mol. The van der Waals surface area contributed by atoms with Crippen LogP contribution >= 0.6 is 12.0 Å². The summed E-state index contributed by atoms with van der Waals surface area (Å²) < 4.78 is 52.8. The lowest BCUT2D eigenvalue weighted by Crippen LogP contribution is -2.72. The number of ether oxygens (including phenoxy) is 2. The summed E-state index contributed by atoms with van der Waals surface area (Å²) in [6, 6.07) is -1.59.